The van der Waals surface area contributed by atoms with Crippen LogP contribution in [0.4, 0.5) is 29.2 Å². The number of nitrogens with zero attached hydrogens (tertiary/aromatic N) is 2. The van der Waals surface area contributed by atoms with Gasteiger partial charge < -0.3 is 15.7 Å². The van der Waals surface area contributed by atoms with Crippen molar-refractivity contribution in [1.29, 1.82) is 0 Å². The Labute approximate surface area is 160 Å². The minimum absolute atomic E-state index is 0.00631. The summed E-state index contributed by atoms with van der Waals surface area (Å²) in [6, 6.07) is 5.33. The number of carboxylic acid groups (broad SMARTS) is 1. The summed E-state index contributed by atoms with van der Waals surface area (Å²) < 4.78 is 53.0. The first-order valence-corrected chi connectivity index (χ1v) is 8.20. The second-order valence-corrected chi connectivity index (χ2v) is 6.97. The third kappa shape index (κ3) is 8.30. The maximum absolute atomic E-state index is 13.3. The van der Waals surface area contributed by atoms with Gasteiger partial charge in [0.25, 0.3) is 6.47 Å². The van der Waals surface area contributed by atoms with Gasteiger partial charge in [0.05, 0.1) is 0 Å². The minimum atomic E-state index is -4.61. The number of halogens is 4. The van der Waals surface area contributed by atoms with Gasteiger partial charge in [0.2, 0.25) is 5.95 Å². The summed E-state index contributed by atoms with van der Waals surface area (Å²) in [7, 11) is 0. The van der Waals surface area contributed by atoms with Crippen molar-refractivity contribution in [2.75, 3.05) is 11.9 Å². The Bertz CT molecular complexity index is 777. The van der Waals surface area contributed by atoms with Crippen LogP contribution >= 0.6 is 0 Å². The van der Waals surface area contributed by atoms with Gasteiger partial charge in [-0.05, 0) is 23.6 Å². The van der Waals surface area contributed by atoms with Crippen molar-refractivity contribution in [2.24, 2.45) is 5.41 Å². The Balaban J connectivity index is 0.00000122. The topological polar surface area (TPSA) is 87.1 Å². The molecule has 6 nitrogen and oxygen atoms in total. The molecule has 0 aliphatic heterocycles. The Kier molecular flexibility index (Phi) is 8.30. The maximum atomic E-state index is 13.3. The zero-order valence-electron chi connectivity index (χ0n) is 15.6. The van der Waals surface area contributed by atoms with E-state index in [-0.39, 0.29) is 35.6 Å². The summed E-state index contributed by atoms with van der Waals surface area (Å²) in [4.78, 5) is 15.8. The number of carbonyl (C=O) groups is 1. The van der Waals surface area contributed by atoms with Gasteiger partial charge >= 0.3 is 6.18 Å². The number of hydrogen-bond acceptors (Lipinski definition) is 5. The second kappa shape index (κ2) is 9.98. The van der Waals surface area contributed by atoms with Crippen LogP contribution in [0, 0.1) is 11.2 Å². The Morgan fingerprint density at radius 3 is 2.39 bits per heavy atom. The first-order chi connectivity index (χ1) is 13.0. The zero-order chi connectivity index (χ0) is 21.4. The van der Waals surface area contributed by atoms with Gasteiger partial charge in [-0.3, -0.25) is 4.79 Å². The number of hydrogen-bond donors (Lipinski definition) is 3. The number of aromatic nitrogens is 2. The van der Waals surface area contributed by atoms with Gasteiger partial charge in [0.15, 0.2) is 5.69 Å². The van der Waals surface area contributed by atoms with Crippen molar-refractivity contribution in [3.63, 3.8) is 0 Å². The van der Waals surface area contributed by atoms with Crippen molar-refractivity contribution >= 4 is 18.1 Å². The molecule has 0 spiro atoms. The molecule has 1 aromatic carbocycles. The molecule has 0 aliphatic carbocycles. The SMILES string of the molecule is CC(C)(C)CNCc1cnc(Nc2cccc(F)c2)nc1C(F)(F)F.O=CO. The van der Waals surface area contributed by atoms with E-state index in [0.29, 0.717) is 6.54 Å². The van der Waals surface area contributed by atoms with Crippen LogP contribution in [0.5, 0.6) is 0 Å². The molecule has 0 radical (unpaired) electrons. The summed E-state index contributed by atoms with van der Waals surface area (Å²) >= 11 is 0. The molecule has 10 heteroatoms. The predicted molar refractivity (Wildman–Crippen MR) is 96.6 cm³/mol. The van der Waals surface area contributed by atoms with Crippen LogP contribution in [0.2, 0.25) is 0 Å². The summed E-state index contributed by atoms with van der Waals surface area (Å²) in [5.74, 6) is -0.749. The van der Waals surface area contributed by atoms with Crippen molar-refractivity contribution in [3.8, 4) is 0 Å². The second-order valence-electron chi connectivity index (χ2n) is 6.97. The van der Waals surface area contributed by atoms with Crippen LogP contribution in [0.1, 0.15) is 32.0 Å². The third-order valence-electron chi connectivity index (χ3n) is 3.18. The van der Waals surface area contributed by atoms with Crippen LogP contribution in [0.25, 0.3) is 0 Å². The van der Waals surface area contributed by atoms with Crippen molar-refractivity contribution in [1.82, 2.24) is 15.3 Å². The fourth-order valence-corrected chi connectivity index (χ4v) is 2.11. The van der Waals surface area contributed by atoms with Gasteiger partial charge in [-0.25, -0.2) is 14.4 Å². The van der Waals surface area contributed by atoms with E-state index in [0.717, 1.165) is 12.3 Å². The van der Waals surface area contributed by atoms with Gasteiger partial charge in [-0.1, -0.05) is 26.8 Å². The monoisotopic (exact) mass is 402 g/mol. The molecular weight excluding hydrogens is 380 g/mol. The van der Waals surface area contributed by atoms with E-state index in [1.807, 2.05) is 20.8 Å². The lowest BCUT2D eigenvalue weighted by Gasteiger charge is -2.20. The first kappa shape index (κ1) is 23.3. The van der Waals surface area contributed by atoms with Crippen molar-refractivity contribution in [3.05, 3.63) is 47.5 Å². The molecule has 0 bridgehead atoms. The first-order valence-electron chi connectivity index (χ1n) is 8.20. The van der Waals surface area contributed by atoms with Crippen LogP contribution in [-0.2, 0) is 17.5 Å². The maximum Gasteiger partial charge on any atom is 0.433 e. The van der Waals surface area contributed by atoms with E-state index in [1.165, 1.54) is 18.2 Å². The Morgan fingerprint density at radius 1 is 1.21 bits per heavy atom. The summed E-state index contributed by atoms with van der Waals surface area (Å²) in [6.45, 7) is 6.24. The zero-order valence-corrected chi connectivity index (χ0v) is 15.6. The molecule has 0 saturated heterocycles. The molecule has 0 aliphatic rings. The molecule has 2 rings (SSSR count). The van der Waals surface area contributed by atoms with Crippen molar-refractivity contribution < 1.29 is 27.5 Å². The summed E-state index contributed by atoms with van der Waals surface area (Å²) in [6.07, 6.45) is -3.48. The van der Waals surface area contributed by atoms with E-state index in [2.05, 4.69) is 20.6 Å². The molecule has 0 amide bonds. The lowest BCUT2D eigenvalue weighted by molar-refractivity contribution is -0.141. The molecule has 0 atom stereocenters. The van der Waals surface area contributed by atoms with E-state index in [4.69, 9.17) is 9.90 Å². The number of anilines is 2. The highest BCUT2D eigenvalue weighted by Crippen LogP contribution is 2.31. The average Bonchev–Trinajstić information content (AvgIpc) is 2.55. The lowest BCUT2D eigenvalue weighted by Crippen LogP contribution is -2.28. The van der Waals surface area contributed by atoms with Crippen LogP contribution < -0.4 is 10.6 Å². The fourth-order valence-electron chi connectivity index (χ4n) is 2.11. The normalized spacial score (nSPS) is 11.4. The highest BCUT2D eigenvalue weighted by atomic mass is 19.4. The highest BCUT2D eigenvalue weighted by molar-refractivity contribution is 5.53. The Morgan fingerprint density at radius 2 is 1.86 bits per heavy atom. The predicted octanol–water partition coefficient (Wildman–Crippen LogP) is 4.21. The lowest BCUT2D eigenvalue weighted by atomic mass is 9.97. The number of benzene rings is 1. The van der Waals surface area contributed by atoms with Crippen LogP contribution in [0.15, 0.2) is 30.5 Å². The average molecular weight is 402 g/mol. The van der Waals surface area contributed by atoms with E-state index >= 15 is 0 Å². The molecule has 0 unspecified atom stereocenters. The molecule has 2 aromatic rings. The fraction of sp³-hybridized carbons (Fsp3) is 0.389. The van der Waals surface area contributed by atoms with Gasteiger partial charge in [-0.15, -0.1) is 0 Å². The molecule has 0 saturated carbocycles. The Hall–Kier alpha value is -2.75. The smallest absolute Gasteiger partial charge is 0.433 e. The molecule has 1 heterocycles. The highest BCUT2D eigenvalue weighted by Gasteiger charge is 2.36. The van der Waals surface area contributed by atoms with E-state index in [9.17, 15) is 17.6 Å². The largest absolute Gasteiger partial charge is 0.483 e. The number of alkyl halides is 3. The molecular formula is C18H22F4N4O2. The number of rotatable bonds is 5. The van der Waals surface area contributed by atoms with Gasteiger partial charge in [0.1, 0.15) is 5.82 Å². The molecule has 3 N–H and O–H groups in total. The minimum Gasteiger partial charge on any atom is -0.483 e. The van der Waals surface area contributed by atoms with Gasteiger partial charge in [0, 0.05) is 30.5 Å². The quantitative estimate of drug-likeness (QED) is 0.513. The molecule has 1 aromatic heterocycles. The molecule has 154 valence electrons. The van der Waals surface area contributed by atoms with Crippen molar-refractivity contribution in [2.45, 2.75) is 33.5 Å². The van der Waals surface area contributed by atoms with Crippen LogP contribution in [0.3, 0.4) is 0 Å². The van der Waals surface area contributed by atoms with Crippen LogP contribution in [-0.4, -0.2) is 28.1 Å². The third-order valence-corrected chi connectivity index (χ3v) is 3.18. The molecule has 0 fully saturated rings. The number of nitrogens with one attached hydrogen (secondary N) is 2. The van der Waals surface area contributed by atoms with E-state index in [1.54, 1.807) is 0 Å². The van der Waals surface area contributed by atoms with E-state index < -0.39 is 17.7 Å². The molecule has 28 heavy (non-hydrogen) atoms. The summed E-state index contributed by atoms with van der Waals surface area (Å²) in [5.41, 5.74) is -0.839. The van der Waals surface area contributed by atoms with Gasteiger partial charge in [-0.2, -0.15) is 13.2 Å². The standard InChI is InChI=1S/C17H20F4N4.CH2O2/c1-16(2,3)10-22-8-11-9-23-15(25-14(11)17(19,20)21)24-13-6-4-5-12(18)7-13;2-1-3/h4-7,9,22H,8,10H2,1-3H3,(H,23,24,25);1H,(H,2,3). The summed E-state index contributed by atoms with van der Waals surface area (Å²) in [5, 5.41) is 12.5.